The van der Waals surface area contributed by atoms with Gasteiger partial charge in [-0.05, 0) is 38.8 Å². The normalized spacial score (nSPS) is 16.2. The number of alkyl halides is 3. The Hall–Kier alpha value is -1.59. The Morgan fingerprint density at radius 3 is 2.43 bits per heavy atom. The molecule has 1 fully saturated rings. The van der Waals surface area contributed by atoms with Crippen LogP contribution in [0.25, 0.3) is 0 Å². The first-order valence-electron chi connectivity index (χ1n) is 7.20. The van der Waals surface area contributed by atoms with Gasteiger partial charge in [0.15, 0.2) is 0 Å². The van der Waals surface area contributed by atoms with Gasteiger partial charge in [0, 0.05) is 12.6 Å². The van der Waals surface area contributed by atoms with Gasteiger partial charge >= 0.3 is 6.18 Å². The minimum atomic E-state index is -4.48. The van der Waals surface area contributed by atoms with E-state index in [1.54, 1.807) is 4.90 Å². The number of pyridine rings is 1. The minimum Gasteiger partial charge on any atom is -0.336 e. The van der Waals surface area contributed by atoms with Crippen LogP contribution >= 0.6 is 0 Å². The van der Waals surface area contributed by atoms with Gasteiger partial charge in [0.05, 0.1) is 11.3 Å². The maximum Gasteiger partial charge on any atom is 0.433 e. The number of rotatable bonds is 3. The molecule has 1 amide bonds. The van der Waals surface area contributed by atoms with Crippen molar-refractivity contribution in [1.82, 2.24) is 9.88 Å². The van der Waals surface area contributed by atoms with E-state index in [9.17, 15) is 18.0 Å². The summed E-state index contributed by atoms with van der Waals surface area (Å²) in [6.45, 7) is 3.90. The van der Waals surface area contributed by atoms with Crippen molar-refractivity contribution in [2.45, 2.75) is 51.7 Å². The maximum atomic E-state index is 12.6. The van der Waals surface area contributed by atoms with Gasteiger partial charge in [-0.1, -0.05) is 12.8 Å². The van der Waals surface area contributed by atoms with Crippen LogP contribution in [0, 0.1) is 6.92 Å². The van der Waals surface area contributed by atoms with Crippen LogP contribution in [0.5, 0.6) is 0 Å². The van der Waals surface area contributed by atoms with Crippen LogP contribution in [0.15, 0.2) is 12.1 Å². The molecule has 21 heavy (non-hydrogen) atoms. The van der Waals surface area contributed by atoms with Gasteiger partial charge in [-0.25, -0.2) is 4.98 Å². The lowest BCUT2D eigenvalue weighted by Gasteiger charge is -2.28. The third kappa shape index (κ3) is 3.36. The third-order valence-corrected chi connectivity index (χ3v) is 3.97. The molecule has 0 aromatic carbocycles. The number of aromatic nitrogens is 1. The summed E-state index contributed by atoms with van der Waals surface area (Å²) in [5.74, 6) is -0.219. The van der Waals surface area contributed by atoms with Crippen LogP contribution < -0.4 is 0 Å². The molecule has 0 unspecified atom stereocenters. The Bertz CT molecular complexity index is 522. The standard InChI is InChI=1S/C15H19F3N2O/c1-3-20(11-6-4-5-7-11)14(21)12-8-9-13(15(16,17)18)19-10(12)2/h8-9,11H,3-7H2,1-2H3. The lowest BCUT2D eigenvalue weighted by molar-refractivity contribution is -0.141. The third-order valence-electron chi connectivity index (χ3n) is 3.97. The van der Waals surface area contributed by atoms with E-state index in [2.05, 4.69) is 4.98 Å². The Balaban J connectivity index is 2.26. The molecule has 2 rings (SSSR count). The highest BCUT2D eigenvalue weighted by molar-refractivity contribution is 5.95. The van der Waals surface area contributed by atoms with Crippen molar-refractivity contribution >= 4 is 5.91 Å². The molecule has 0 bridgehead atoms. The fourth-order valence-corrected chi connectivity index (χ4v) is 2.88. The summed E-state index contributed by atoms with van der Waals surface area (Å²) in [6.07, 6.45) is -0.362. The predicted octanol–water partition coefficient (Wildman–Crippen LogP) is 3.81. The molecule has 0 saturated heterocycles. The summed E-state index contributed by atoms with van der Waals surface area (Å²) in [5.41, 5.74) is -0.566. The monoisotopic (exact) mass is 300 g/mol. The number of nitrogens with zero attached hydrogens (tertiary/aromatic N) is 2. The SMILES string of the molecule is CCN(C(=O)c1ccc(C(F)(F)F)nc1C)C1CCCC1. The molecule has 0 aliphatic heterocycles. The molecule has 0 atom stereocenters. The number of amides is 1. The smallest absolute Gasteiger partial charge is 0.336 e. The molecule has 6 heteroatoms. The molecule has 0 N–H and O–H groups in total. The zero-order chi connectivity index (χ0) is 15.6. The molecule has 1 heterocycles. The quantitative estimate of drug-likeness (QED) is 0.850. The first-order chi connectivity index (χ1) is 9.84. The van der Waals surface area contributed by atoms with Gasteiger partial charge in [-0.2, -0.15) is 13.2 Å². The summed E-state index contributed by atoms with van der Waals surface area (Å²) in [6, 6.07) is 2.32. The summed E-state index contributed by atoms with van der Waals surface area (Å²) in [5, 5.41) is 0. The molecule has 1 aliphatic rings. The molecule has 116 valence electrons. The zero-order valence-electron chi connectivity index (χ0n) is 12.2. The Morgan fingerprint density at radius 2 is 1.95 bits per heavy atom. The van der Waals surface area contributed by atoms with Crippen LogP contribution in [0.2, 0.25) is 0 Å². The Kier molecular flexibility index (Phi) is 4.54. The highest BCUT2D eigenvalue weighted by Crippen LogP contribution is 2.29. The number of hydrogen-bond donors (Lipinski definition) is 0. The fraction of sp³-hybridized carbons (Fsp3) is 0.600. The van der Waals surface area contributed by atoms with Crippen LogP contribution in [-0.4, -0.2) is 28.4 Å². The molecule has 1 aliphatic carbocycles. The molecule has 0 radical (unpaired) electrons. The van der Waals surface area contributed by atoms with Crippen molar-refractivity contribution in [1.29, 1.82) is 0 Å². The number of carbonyl (C=O) groups is 1. The first-order valence-corrected chi connectivity index (χ1v) is 7.20. The summed E-state index contributed by atoms with van der Waals surface area (Å²) in [7, 11) is 0. The highest BCUT2D eigenvalue weighted by atomic mass is 19.4. The van der Waals surface area contributed by atoms with E-state index in [0.717, 1.165) is 31.7 Å². The maximum absolute atomic E-state index is 12.6. The molecular weight excluding hydrogens is 281 g/mol. The van der Waals surface area contributed by atoms with Crippen molar-refractivity contribution in [3.8, 4) is 0 Å². The molecular formula is C15H19F3N2O. The lowest BCUT2D eigenvalue weighted by atomic mass is 10.1. The number of halogens is 3. The molecule has 1 saturated carbocycles. The second kappa shape index (κ2) is 6.03. The van der Waals surface area contributed by atoms with E-state index >= 15 is 0 Å². The van der Waals surface area contributed by atoms with E-state index in [1.807, 2.05) is 6.92 Å². The summed E-state index contributed by atoms with van der Waals surface area (Å²) >= 11 is 0. The van der Waals surface area contributed by atoms with Crippen molar-refractivity contribution in [3.05, 3.63) is 29.1 Å². The highest BCUT2D eigenvalue weighted by Gasteiger charge is 2.34. The second-order valence-corrected chi connectivity index (χ2v) is 5.36. The summed E-state index contributed by atoms with van der Waals surface area (Å²) < 4.78 is 37.8. The molecule has 3 nitrogen and oxygen atoms in total. The van der Waals surface area contributed by atoms with Crippen LogP contribution in [0.4, 0.5) is 13.2 Å². The van der Waals surface area contributed by atoms with Gasteiger partial charge < -0.3 is 4.90 Å². The van der Waals surface area contributed by atoms with Crippen LogP contribution in [0.3, 0.4) is 0 Å². The predicted molar refractivity (Wildman–Crippen MR) is 72.9 cm³/mol. The van der Waals surface area contributed by atoms with E-state index in [4.69, 9.17) is 0 Å². The zero-order valence-corrected chi connectivity index (χ0v) is 12.2. The number of aryl methyl sites for hydroxylation is 1. The molecule has 1 aromatic rings. The van der Waals surface area contributed by atoms with E-state index < -0.39 is 11.9 Å². The van der Waals surface area contributed by atoms with E-state index in [0.29, 0.717) is 6.54 Å². The minimum absolute atomic E-state index is 0.131. The lowest BCUT2D eigenvalue weighted by Crippen LogP contribution is -2.39. The van der Waals surface area contributed by atoms with Gasteiger partial charge in [-0.15, -0.1) is 0 Å². The van der Waals surface area contributed by atoms with Gasteiger partial charge in [0.25, 0.3) is 5.91 Å². The van der Waals surface area contributed by atoms with Crippen LogP contribution in [0.1, 0.15) is 54.4 Å². The fourth-order valence-electron chi connectivity index (χ4n) is 2.88. The molecule has 0 spiro atoms. The van der Waals surface area contributed by atoms with Crippen molar-refractivity contribution in [3.63, 3.8) is 0 Å². The number of carbonyl (C=O) groups excluding carboxylic acids is 1. The topological polar surface area (TPSA) is 33.2 Å². The van der Waals surface area contributed by atoms with Crippen molar-refractivity contribution in [2.75, 3.05) is 6.54 Å². The van der Waals surface area contributed by atoms with E-state index in [1.165, 1.54) is 13.0 Å². The second-order valence-electron chi connectivity index (χ2n) is 5.36. The largest absolute Gasteiger partial charge is 0.433 e. The first kappa shape index (κ1) is 15.8. The Labute approximate surface area is 122 Å². The molecule has 1 aromatic heterocycles. The average molecular weight is 300 g/mol. The number of hydrogen-bond acceptors (Lipinski definition) is 2. The van der Waals surface area contributed by atoms with Gasteiger partial charge in [0.2, 0.25) is 0 Å². The average Bonchev–Trinajstić information content (AvgIpc) is 2.92. The van der Waals surface area contributed by atoms with E-state index in [-0.39, 0.29) is 23.2 Å². The Morgan fingerprint density at radius 1 is 1.33 bits per heavy atom. The van der Waals surface area contributed by atoms with Crippen molar-refractivity contribution in [2.24, 2.45) is 0 Å². The van der Waals surface area contributed by atoms with Crippen LogP contribution in [-0.2, 0) is 6.18 Å². The van der Waals surface area contributed by atoms with Gasteiger partial charge in [0.1, 0.15) is 5.69 Å². The summed E-state index contributed by atoms with van der Waals surface area (Å²) in [4.78, 5) is 17.8. The van der Waals surface area contributed by atoms with Gasteiger partial charge in [-0.3, -0.25) is 4.79 Å². The van der Waals surface area contributed by atoms with Crippen molar-refractivity contribution < 1.29 is 18.0 Å².